The second-order valence-electron chi connectivity index (χ2n) is 3.68. The Labute approximate surface area is 107 Å². The monoisotopic (exact) mass is 240 g/mol. The Balaban J connectivity index is 0.000000574. The zero-order chi connectivity index (χ0) is 13.0. The normalized spacial score (nSPS) is 9.94. The van der Waals surface area contributed by atoms with E-state index in [2.05, 4.69) is 16.0 Å². The molecule has 0 aliphatic carbocycles. The van der Waals surface area contributed by atoms with Gasteiger partial charge in [0.2, 0.25) is 0 Å². The Kier molecular flexibility index (Phi) is 3.72. The topological polar surface area (TPSA) is 38.9 Å². The van der Waals surface area contributed by atoms with E-state index in [-0.39, 0.29) is 0 Å². The van der Waals surface area contributed by atoms with Crippen molar-refractivity contribution in [3.63, 3.8) is 0 Å². The van der Waals surface area contributed by atoms with Crippen LogP contribution in [0.5, 0.6) is 0 Å². The first kappa shape index (κ1) is 12.3. The molecule has 0 N–H and O–H groups in total. The summed E-state index contributed by atoms with van der Waals surface area (Å²) in [6.07, 6.45) is 5.39. The van der Waals surface area contributed by atoms with E-state index in [9.17, 15) is 0 Å². The van der Waals surface area contributed by atoms with Crippen LogP contribution in [0.4, 0.5) is 0 Å². The van der Waals surface area contributed by atoms with Crippen LogP contribution < -0.4 is 0 Å². The molecule has 0 unspecified atom stereocenters. The molecule has 3 nitrogen and oxygen atoms in total. The van der Waals surface area contributed by atoms with Crippen LogP contribution in [0.15, 0.2) is 47.3 Å². The molecule has 3 aromatic rings. The van der Waals surface area contributed by atoms with Crippen molar-refractivity contribution in [3.05, 3.63) is 48.7 Å². The largest absolute Gasteiger partial charge is 0.441 e. The summed E-state index contributed by atoms with van der Waals surface area (Å²) in [5.74, 6) is 1.49. The molecule has 92 valence electrons. The van der Waals surface area contributed by atoms with Crippen molar-refractivity contribution < 1.29 is 4.42 Å². The third-order valence-corrected chi connectivity index (χ3v) is 2.55. The van der Waals surface area contributed by atoms with E-state index in [0.29, 0.717) is 5.89 Å². The summed E-state index contributed by atoms with van der Waals surface area (Å²) in [5, 5.41) is 2.28. The Morgan fingerprint density at radius 2 is 1.83 bits per heavy atom. The predicted molar refractivity (Wildman–Crippen MR) is 73.3 cm³/mol. The van der Waals surface area contributed by atoms with Gasteiger partial charge in [0.1, 0.15) is 0 Å². The highest BCUT2D eigenvalue weighted by Gasteiger charge is 2.04. The number of aryl methyl sites for hydroxylation is 1. The Morgan fingerprint density at radius 3 is 2.56 bits per heavy atom. The van der Waals surface area contributed by atoms with Gasteiger partial charge in [0.05, 0.1) is 6.20 Å². The summed E-state index contributed by atoms with van der Waals surface area (Å²) in [6.45, 7) is 5.84. The van der Waals surface area contributed by atoms with Gasteiger partial charge in [0, 0.05) is 30.3 Å². The Hall–Kier alpha value is -2.16. The second kappa shape index (κ2) is 5.45. The standard InChI is InChI=1S/C13H10N2O.C2H6/c1-9-15-8-13(16-9)11-2-3-12-7-14-5-4-10(12)6-11;1-2/h2-8H,1H3;1-2H3. The number of rotatable bonds is 1. The van der Waals surface area contributed by atoms with E-state index < -0.39 is 0 Å². The van der Waals surface area contributed by atoms with Crippen LogP contribution in [0.25, 0.3) is 22.1 Å². The number of fused-ring (bicyclic) bond motifs is 1. The molecule has 1 aromatic carbocycles. The molecule has 0 amide bonds. The van der Waals surface area contributed by atoms with Crippen molar-refractivity contribution in [3.8, 4) is 11.3 Å². The van der Waals surface area contributed by atoms with Gasteiger partial charge in [-0.25, -0.2) is 4.98 Å². The van der Waals surface area contributed by atoms with Gasteiger partial charge in [-0.2, -0.15) is 0 Å². The lowest BCUT2D eigenvalue weighted by Gasteiger charge is -1.99. The van der Waals surface area contributed by atoms with Gasteiger partial charge in [-0.15, -0.1) is 0 Å². The minimum absolute atomic E-state index is 0.685. The van der Waals surface area contributed by atoms with Crippen molar-refractivity contribution >= 4 is 10.8 Å². The smallest absolute Gasteiger partial charge is 0.191 e. The van der Waals surface area contributed by atoms with Gasteiger partial charge >= 0.3 is 0 Å². The number of pyridine rings is 1. The van der Waals surface area contributed by atoms with Crippen LogP contribution >= 0.6 is 0 Å². The fraction of sp³-hybridized carbons (Fsp3) is 0.200. The number of hydrogen-bond donors (Lipinski definition) is 0. The number of hydrogen-bond acceptors (Lipinski definition) is 3. The van der Waals surface area contributed by atoms with Crippen molar-refractivity contribution in [2.45, 2.75) is 20.8 Å². The third kappa shape index (κ3) is 2.40. The summed E-state index contributed by atoms with van der Waals surface area (Å²) in [4.78, 5) is 8.18. The average Bonchev–Trinajstić information content (AvgIpc) is 2.87. The van der Waals surface area contributed by atoms with Crippen molar-refractivity contribution in [2.24, 2.45) is 0 Å². The first-order valence-electron chi connectivity index (χ1n) is 6.09. The quantitative estimate of drug-likeness (QED) is 0.639. The summed E-state index contributed by atoms with van der Waals surface area (Å²) in [7, 11) is 0. The number of aromatic nitrogens is 2. The van der Waals surface area contributed by atoms with Crippen LogP contribution in [-0.2, 0) is 0 Å². The maximum Gasteiger partial charge on any atom is 0.191 e. The van der Waals surface area contributed by atoms with E-state index in [1.165, 1.54) is 0 Å². The third-order valence-electron chi connectivity index (χ3n) is 2.55. The highest BCUT2D eigenvalue weighted by Crippen LogP contribution is 2.24. The van der Waals surface area contributed by atoms with Gasteiger partial charge in [0.15, 0.2) is 11.7 Å². The SMILES string of the molecule is CC.Cc1ncc(-c2ccc3cnccc3c2)o1. The zero-order valence-corrected chi connectivity index (χ0v) is 10.8. The molecule has 0 aliphatic heterocycles. The predicted octanol–water partition coefficient (Wildman–Crippen LogP) is 4.22. The van der Waals surface area contributed by atoms with Gasteiger partial charge in [0.25, 0.3) is 0 Å². The number of oxazole rings is 1. The lowest BCUT2D eigenvalue weighted by Crippen LogP contribution is -1.77. The molecular weight excluding hydrogens is 224 g/mol. The minimum Gasteiger partial charge on any atom is -0.441 e. The van der Waals surface area contributed by atoms with Gasteiger partial charge < -0.3 is 4.42 Å². The maximum atomic E-state index is 5.49. The average molecular weight is 240 g/mol. The molecule has 0 saturated carbocycles. The molecule has 3 heteroatoms. The van der Waals surface area contributed by atoms with Gasteiger partial charge in [-0.3, -0.25) is 4.98 Å². The molecule has 0 radical (unpaired) electrons. The van der Waals surface area contributed by atoms with E-state index >= 15 is 0 Å². The van der Waals surface area contributed by atoms with Crippen molar-refractivity contribution in [1.29, 1.82) is 0 Å². The molecular formula is C15H16N2O. The van der Waals surface area contributed by atoms with Crippen LogP contribution in [0.2, 0.25) is 0 Å². The molecule has 0 bridgehead atoms. The van der Waals surface area contributed by atoms with E-state index in [0.717, 1.165) is 22.1 Å². The molecule has 2 aromatic heterocycles. The van der Waals surface area contributed by atoms with Crippen molar-refractivity contribution in [2.75, 3.05) is 0 Å². The fourth-order valence-electron chi connectivity index (χ4n) is 1.73. The molecule has 18 heavy (non-hydrogen) atoms. The number of benzene rings is 1. The second-order valence-corrected chi connectivity index (χ2v) is 3.68. The maximum absolute atomic E-state index is 5.49. The van der Waals surface area contributed by atoms with Gasteiger partial charge in [-0.1, -0.05) is 26.0 Å². The first-order valence-corrected chi connectivity index (χ1v) is 6.09. The van der Waals surface area contributed by atoms with Crippen molar-refractivity contribution in [1.82, 2.24) is 9.97 Å². The fourth-order valence-corrected chi connectivity index (χ4v) is 1.73. The Bertz CT molecular complexity index is 644. The minimum atomic E-state index is 0.685. The van der Waals surface area contributed by atoms with Gasteiger partial charge in [-0.05, 0) is 17.5 Å². The highest BCUT2D eigenvalue weighted by molar-refractivity contribution is 5.85. The molecule has 3 rings (SSSR count). The zero-order valence-electron chi connectivity index (χ0n) is 10.8. The Morgan fingerprint density at radius 1 is 1.00 bits per heavy atom. The summed E-state index contributed by atoms with van der Waals surface area (Å²) < 4.78 is 5.49. The van der Waals surface area contributed by atoms with E-state index in [4.69, 9.17) is 4.42 Å². The highest BCUT2D eigenvalue weighted by atomic mass is 16.4. The van der Waals surface area contributed by atoms with E-state index in [1.807, 2.05) is 45.2 Å². The molecule has 0 atom stereocenters. The lowest BCUT2D eigenvalue weighted by molar-refractivity contribution is 0.534. The molecule has 2 heterocycles. The first-order chi connectivity index (χ1) is 8.83. The molecule has 0 fully saturated rings. The van der Waals surface area contributed by atoms with E-state index in [1.54, 1.807) is 12.4 Å². The summed E-state index contributed by atoms with van der Waals surface area (Å²) >= 11 is 0. The van der Waals surface area contributed by atoms with Crippen LogP contribution in [-0.4, -0.2) is 9.97 Å². The molecule has 0 saturated heterocycles. The summed E-state index contributed by atoms with van der Waals surface area (Å²) in [6, 6.07) is 8.12. The molecule has 0 aliphatic rings. The van der Waals surface area contributed by atoms with Crippen LogP contribution in [0.3, 0.4) is 0 Å². The lowest BCUT2D eigenvalue weighted by atomic mass is 10.1. The number of nitrogens with zero attached hydrogens (tertiary/aromatic N) is 2. The summed E-state index contributed by atoms with van der Waals surface area (Å²) in [5.41, 5.74) is 1.04. The van der Waals surface area contributed by atoms with Crippen LogP contribution in [0.1, 0.15) is 19.7 Å². The van der Waals surface area contributed by atoms with Crippen LogP contribution in [0, 0.1) is 6.92 Å². The molecule has 0 spiro atoms.